The fourth-order valence-corrected chi connectivity index (χ4v) is 2.91. The Hall–Kier alpha value is -2.68. The zero-order valence-corrected chi connectivity index (χ0v) is 15.1. The number of hydrogen-bond donors (Lipinski definition) is 1. The number of esters is 1. The van der Waals surface area contributed by atoms with Crippen LogP contribution in [0.1, 0.15) is 11.3 Å². The van der Waals surface area contributed by atoms with Crippen LogP contribution in [0.25, 0.3) is 0 Å². The number of carbonyl (C=O) groups excluding carboxylic acids is 2. The zero-order chi connectivity index (χ0) is 19.1. The summed E-state index contributed by atoms with van der Waals surface area (Å²) in [7, 11) is 2.81. The van der Waals surface area contributed by atoms with Crippen molar-refractivity contribution in [3.63, 3.8) is 0 Å². The van der Waals surface area contributed by atoms with Gasteiger partial charge in [0.1, 0.15) is 5.82 Å². The zero-order valence-electron chi connectivity index (χ0n) is 14.3. The number of amides is 1. The summed E-state index contributed by atoms with van der Waals surface area (Å²) >= 11 is 1.03. The second-order valence-corrected chi connectivity index (χ2v) is 6.39. The highest BCUT2D eigenvalue weighted by molar-refractivity contribution is 7.99. The smallest absolute Gasteiger partial charge is 0.311 e. The molecule has 0 saturated carbocycles. The van der Waals surface area contributed by atoms with Crippen LogP contribution in [-0.2, 0) is 27.3 Å². The Morgan fingerprint density at radius 3 is 2.77 bits per heavy atom. The Labute approximate surface area is 153 Å². The van der Waals surface area contributed by atoms with Gasteiger partial charge in [0.15, 0.2) is 5.16 Å². The molecular weight excluding hydrogens is 361 g/mol. The van der Waals surface area contributed by atoms with Crippen molar-refractivity contribution in [3.05, 3.63) is 57.8 Å². The van der Waals surface area contributed by atoms with E-state index in [-0.39, 0.29) is 41.3 Å². The Kier molecular flexibility index (Phi) is 6.90. The summed E-state index contributed by atoms with van der Waals surface area (Å²) in [6.45, 7) is 0.137. The van der Waals surface area contributed by atoms with Gasteiger partial charge >= 0.3 is 5.97 Å². The van der Waals surface area contributed by atoms with Crippen LogP contribution in [0.2, 0.25) is 0 Å². The molecule has 0 aliphatic carbocycles. The topological polar surface area (TPSA) is 92.4 Å². The van der Waals surface area contributed by atoms with Crippen LogP contribution in [0.4, 0.5) is 4.39 Å². The number of benzene rings is 1. The molecule has 0 atom stereocenters. The molecule has 0 aliphatic heterocycles. The number of methoxy groups -OCH3 is 1. The summed E-state index contributed by atoms with van der Waals surface area (Å²) < 4.78 is 18.2. The van der Waals surface area contributed by atoms with Gasteiger partial charge in [-0.15, -0.1) is 0 Å². The Balaban J connectivity index is 1.97. The van der Waals surface area contributed by atoms with E-state index >= 15 is 0 Å². The molecule has 1 heterocycles. The SMILES string of the molecule is COC(=O)Cc1cc(=O)[nH]c(SCC(=O)N(C)Cc2ccccc2F)n1. The number of aromatic amines is 1. The van der Waals surface area contributed by atoms with Crippen molar-refractivity contribution in [2.75, 3.05) is 19.9 Å². The van der Waals surface area contributed by atoms with Crippen molar-refractivity contribution >= 4 is 23.6 Å². The van der Waals surface area contributed by atoms with Crippen LogP contribution in [0, 0.1) is 5.82 Å². The molecule has 2 rings (SSSR count). The molecule has 0 unspecified atom stereocenters. The molecule has 7 nitrogen and oxygen atoms in total. The van der Waals surface area contributed by atoms with Crippen molar-refractivity contribution < 1.29 is 18.7 Å². The molecule has 1 aromatic carbocycles. The van der Waals surface area contributed by atoms with E-state index in [1.54, 1.807) is 25.2 Å². The fourth-order valence-electron chi connectivity index (χ4n) is 2.07. The molecule has 0 spiro atoms. The first-order valence-corrected chi connectivity index (χ1v) is 8.65. The molecular formula is C17H18FN3O4S. The molecule has 26 heavy (non-hydrogen) atoms. The summed E-state index contributed by atoms with van der Waals surface area (Å²) in [6, 6.07) is 7.44. The lowest BCUT2D eigenvalue weighted by molar-refractivity contribution is -0.139. The second-order valence-electron chi connectivity index (χ2n) is 5.42. The summed E-state index contributed by atoms with van der Waals surface area (Å²) in [5, 5.41) is 0.226. The third kappa shape index (κ3) is 5.69. The Morgan fingerprint density at radius 1 is 1.35 bits per heavy atom. The number of aromatic nitrogens is 2. The summed E-state index contributed by atoms with van der Waals surface area (Å²) in [5.41, 5.74) is 0.254. The van der Waals surface area contributed by atoms with Gasteiger partial charge in [-0.2, -0.15) is 0 Å². The van der Waals surface area contributed by atoms with E-state index in [2.05, 4.69) is 14.7 Å². The van der Waals surface area contributed by atoms with Crippen LogP contribution >= 0.6 is 11.8 Å². The molecule has 1 aromatic heterocycles. The average molecular weight is 379 g/mol. The highest BCUT2D eigenvalue weighted by atomic mass is 32.2. The van der Waals surface area contributed by atoms with E-state index in [1.165, 1.54) is 24.1 Å². The molecule has 0 aliphatic rings. The van der Waals surface area contributed by atoms with Crippen molar-refractivity contribution in [2.24, 2.45) is 0 Å². The van der Waals surface area contributed by atoms with Crippen LogP contribution in [0.5, 0.6) is 0 Å². The van der Waals surface area contributed by atoms with Gasteiger partial charge < -0.3 is 14.6 Å². The average Bonchev–Trinajstić information content (AvgIpc) is 2.61. The first-order valence-electron chi connectivity index (χ1n) is 7.66. The number of ether oxygens (including phenoxy) is 1. The maximum atomic E-state index is 13.7. The molecule has 0 radical (unpaired) electrons. The standard InChI is InChI=1S/C17H18FN3O4S/c1-21(9-11-5-3-4-6-13(11)18)15(23)10-26-17-19-12(7-14(22)20-17)8-16(24)25-2/h3-7H,8-10H2,1-2H3,(H,19,20,22). The molecule has 0 fully saturated rings. The summed E-state index contributed by atoms with van der Waals surface area (Å²) in [5.74, 6) is -1.13. The molecule has 0 bridgehead atoms. The minimum absolute atomic E-state index is 0.00949. The number of H-pyrrole nitrogens is 1. The maximum Gasteiger partial charge on any atom is 0.311 e. The van der Waals surface area contributed by atoms with Crippen LogP contribution < -0.4 is 5.56 Å². The molecule has 9 heteroatoms. The van der Waals surface area contributed by atoms with E-state index in [0.29, 0.717) is 5.56 Å². The molecule has 1 amide bonds. The number of halogens is 1. The normalized spacial score (nSPS) is 10.4. The third-order valence-corrected chi connectivity index (χ3v) is 4.31. The highest BCUT2D eigenvalue weighted by Gasteiger charge is 2.14. The van der Waals surface area contributed by atoms with E-state index in [0.717, 1.165) is 11.8 Å². The van der Waals surface area contributed by atoms with E-state index in [9.17, 15) is 18.8 Å². The highest BCUT2D eigenvalue weighted by Crippen LogP contribution is 2.14. The van der Waals surface area contributed by atoms with Gasteiger partial charge in [0.25, 0.3) is 5.56 Å². The van der Waals surface area contributed by atoms with E-state index in [1.807, 2.05) is 0 Å². The van der Waals surface area contributed by atoms with Crippen LogP contribution in [-0.4, -0.2) is 46.7 Å². The van der Waals surface area contributed by atoms with E-state index < -0.39 is 11.5 Å². The second kappa shape index (κ2) is 9.14. The van der Waals surface area contributed by atoms with Gasteiger partial charge in [-0.05, 0) is 6.07 Å². The number of carbonyl (C=O) groups is 2. The van der Waals surface area contributed by atoms with Gasteiger partial charge in [0, 0.05) is 25.2 Å². The van der Waals surface area contributed by atoms with Crippen molar-refractivity contribution in [1.29, 1.82) is 0 Å². The lowest BCUT2D eigenvalue weighted by Gasteiger charge is -2.17. The lowest BCUT2D eigenvalue weighted by atomic mass is 10.2. The number of hydrogen-bond acceptors (Lipinski definition) is 6. The number of nitrogens with zero attached hydrogens (tertiary/aromatic N) is 2. The largest absolute Gasteiger partial charge is 0.469 e. The predicted octanol–water partition coefficient (Wildman–Crippen LogP) is 1.38. The molecule has 2 aromatic rings. The minimum atomic E-state index is -0.514. The first-order chi connectivity index (χ1) is 12.4. The molecule has 1 N–H and O–H groups in total. The maximum absolute atomic E-state index is 13.7. The predicted molar refractivity (Wildman–Crippen MR) is 94.2 cm³/mol. The van der Waals surface area contributed by atoms with Gasteiger partial charge in [-0.25, -0.2) is 9.37 Å². The monoisotopic (exact) mass is 379 g/mol. The van der Waals surface area contributed by atoms with Gasteiger partial charge in [-0.1, -0.05) is 30.0 Å². The van der Waals surface area contributed by atoms with Gasteiger partial charge in [-0.3, -0.25) is 14.4 Å². The lowest BCUT2D eigenvalue weighted by Crippen LogP contribution is -2.28. The van der Waals surface area contributed by atoms with E-state index in [4.69, 9.17) is 0 Å². The van der Waals surface area contributed by atoms with Crippen molar-refractivity contribution in [1.82, 2.24) is 14.9 Å². The number of nitrogens with one attached hydrogen (secondary N) is 1. The van der Waals surface area contributed by atoms with Gasteiger partial charge in [0.05, 0.1) is 25.0 Å². The molecule has 0 saturated heterocycles. The first kappa shape index (κ1) is 19.6. The number of rotatable bonds is 7. The molecule has 138 valence electrons. The van der Waals surface area contributed by atoms with Crippen LogP contribution in [0.3, 0.4) is 0 Å². The van der Waals surface area contributed by atoms with Crippen molar-refractivity contribution in [3.8, 4) is 0 Å². The Morgan fingerprint density at radius 2 is 2.08 bits per heavy atom. The van der Waals surface area contributed by atoms with Gasteiger partial charge in [0.2, 0.25) is 5.91 Å². The van der Waals surface area contributed by atoms with Crippen LogP contribution in [0.15, 0.2) is 40.3 Å². The third-order valence-electron chi connectivity index (χ3n) is 3.45. The summed E-state index contributed by atoms with van der Waals surface area (Å²) in [4.78, 5) is 43.2. The quantitative estimate of drug-likeness (QED) is 0.444. The minimum Gasteiger partial charge on any atom is -0.469 e. The number of thioether (sulfide) groups is 1. The summed E-state index contributed by atoms with van der Waals surface area (Å²) in [6.07, 6.45) is -0.130. The Bertz CT molecular complexity index is 856. The van der Waals surface area contributed by atoms with Crippen molar-refractivity contribution in [2.45, 2.75) is 18.1 Å². The fraction of sp³-hybridized carbons (Fsp3) is 0.294.